The number of aromatic amines is 1. The van der Waals surface area contributed by atoms with E-state index in [1.807, 2.05) is 0 Å². The van der Waals surface area contributed by atoms with E-state index in [0.29, 0.717) is 12.5 Å². The van der Waals surface area contributed by atoms with Crippen LogP contribution in [0.4, 0.5) is 5.82 Å². The van der Waals surface area contributed by atoms with Crippen molar-refractivity contribution in [2.45, 2.75) is 0 Å². The lowest BCUT2D eigenvalue weighted by Crippen LogP contribution is -2.07. The maximum absolute atomic E-state index is 10.7. The quantitative estimate of drug-likeness (QED) is 0.308. The van der Waals surface area contributed by atoms with Crippen molar-refractivity contribution in [1.29, 1.82) is 0 Å². The molecule has 1 aromatic rings. The molecular formula is C8H7N3O3. The van der Waals surface area contributed by atoms with Gasteiger partial charge >= 0.3 is 5.69 Å². The van der Waals surface area contributed by atoms with Gasteiger partial charge in [0.2, 0.25) is 0 Å². The van der Waals surface area contributed by atoms with E-state index in [1.165, 1.54) is 12.3 Å². The van der Waals surface area contributed by atoms with Crippen molar-refractivity contribution in [3.63, 3.8) is 0 Å². The number of carbonyl (C=O) groups is 1. The summed E-state index contributed by atoms with van der Waals surface area (Å²) in [5.41, 5.74) is -0.525. The number of aliphatic imine (C=N–C) groups is 1. The molecular weight excluding hydrogens is 186 g/mol. The first-order valence-electron chi connectivity index (χ1n) is 3.65. The number of nitrogens with zero attached hydrogens (tertiary/aromatic N) is 2. The molecule has 72 valence electrons. The molecule has 14 heavy (non-hydrogen) atoms. The summed E-state index contributed by atoms with van der Waals surface area (Å²) in [6.45, 7) is 0. The Morgan fingerprint density at radius 2 is 2.43 bits per heavy atom. The summed E-state index contributed by atoms with van der Waals surface area (Å²) in [5.74, 6) is 0.256. The van der Waals surface area contributed by atoms with Gasteiger partial charge in [-0.3, -0.25) is 9.78 Å². The molecule has 0 unspecified atom stereocenters. The Bertz CT molecular complexity index is 433. The Kier molecular flexibility index (Phi) is 3.31. The molecule has 0 saturated heterocycles. The third-order valence-electron chi connectivity index (χ3n) is 1.30. The first kappa shape index (κ1) is 9.85. The molecule has 0 atom stereocenters. The maximum atomic E-state index is 10.7. The fraction of sp³-hybridized carbons (Fsp3) is 0. The number of H-pyrrole nitrogens is 1. The van der Waals surface area contributed by atoms with Gasteiger partial charge < -0.3 is 5.11 Å². The SMILES string of the molecule is O=CC(/C=N/c1ccnc(=O)[nH]1)=C/O. The molecule has 0 radical (unpaired) electrons. The molecule has 0 fully saturated rings. The van der Waals surface area contributed by atoms with E-state index in [1.54, 1.807) is 0 Å². The van der Waals surface area contributed by atoms with Crippen LogP contribution in [0.1, 0.15) is 0 Å². The fourth-order valence-corrected chi connectivity index (χ4v) is 0.673. The number of nitrogens with one attached hydrogen (secondary N) is 1. The highest BCUT2D eigenvalue weighted by atomic mass is 16.2. The van der Waals surface area contributed by atoms with Gasteiger partial charge in [0, 0.05) is 12.4 Å². The van der Waals surface area contributed by atoms with Gasteiger partial charge in [-0.15, -0.1) is 0 Å². The standard InChI is InChI=1S/C8H7N3O3/c12-4-6(5-13)3-10-7-1-2-9-8(14)11-7/h1-5,12H,(H,9,11,14)/b6-4+,10-3+. The summed E-state index contributed by atoms with van der Waals surface area (Å²) in [6.07, 6.45) is 3.46. The largest absolute Gasteiger partial charge is 0.515 e. The van der Waals surface area contributed by atoms with Crippen LogP contribution in [0.5, 0.6) is 0 Å². The van der Waals surface area contributed by atoms with E-state index in [2.05, 4.69) is 15.0 Å². The Morgan fingerprint density at radius 3 is 3.00 bits per heavy atom. The Balaban J connectivity index is 2.88. The van der Waals surface area contributed by atoms with Crippen molar-refractivity contribution < 1.29 is 9.90 Å². The zero-order valence-corrected chi connectivity index (χ0v) is 7.04. The van der Waals surface area contributed by atoms with Gasteiger partial charge in [-0.2, -0.15) is 0 Å². The highest BCUT2D eigenvalue weighted by Gasteiger charge is 1.91. The van der Waals surface area contributed by atoms with Gasteiger partial charge in [0.25, 0.3) is 0 Å². The van der Waals surface area contributed by atoms with Gasteiger partial charge in [0.05, 0.1) is 11.8 Å². The molecule has 1 aromatic heterocycles. The molecule has 0 aromatic carbocycles. The lowest BCUT2D eigenvalue weighted by molar-refractivity contribution is -0.104. The van der Waals surface area contributed by atoms with Gasteiger partial charge in [-0.05, 0) is 6.07 Å². The Morgan fingerprint density at radius 1 is 1.64 bits per heavy atom. The Labute approximate surface area is 78.7 Å². The summed E-state index contributed by atoms with van der Waals surface area (Å²) >= 11 is 0. The molecule has 0 saturated carbocycles. The van der Waals surface area contributed by atoms with Crippen molar-refractivity contribution in [2.24, 2.45) is 4.99 Å². The highest BCUT2D eigenvalue weighted by molar-refractivity contribution is 6.02. The van der Waals surface area contributed by atoms with Crippen LogP contribution in [0, 0.1) is 0 Å². The van der Waals surface area contributed by atoms with Gasteiger partial charge in [-0.25, -0.2) is 14.8 Å². The monoisotopic (exact) mass is 193 g/mol. The number of hydrogen-bond acceptors (Lipinski definition) is 5. The van der Waals surface area contributed by atoms with Crippen LogP contribution in [-0.2, 0) is 4.79 Å². The molecule has 0 aliphatic rings. The lowest BCUT2D eigenvalue weighted by Gasteiger charge is -1.90. The first-order valence-corrected chi connectivity index (χ1v) is 3.65. The first-order chi connectivity index (χ1) is 6.76. The number of aldehydes is 1. The number of allylic oxidation sites excluding steroid dienone is 1. The lowest BCUT2D eigenvalue weighted by atomic mass is 10.4. The number of aliphatic hydroxyl groups excluding tert-OH is 1. The third kappa shape index (κ3) is 2.67. The third-order valence-corrected chi connectivity index (χ3v) is 1.30. The minimum Gasteiger partial charge on any atom is -0.515 e. The maximum Gasteiger partial charge on any atom is 0.346 e. The Hall–Kier alpha value is -2.24. The second kappa shape index (κ2) is 4.70. The minimum absolute atomic E-state index is 0.00246. The second-order valence-electron chi connectivity index (χ2n) is 2.27. The second-order valence-corrected chi connectivity index (χ2v) is 2.27. The molecule has 6 heteroatoms. The van der Waals surface area contributed by atoms with Crippen molar-refractivity contribution in [3.8, 4) is 0 Å². The summed E-state index contributed by atoms with van der Waals surface area (Å²) in [7, 11) is 0. The summed E-state index contributed by atoms with van der Waals surface area (Å²) in [5, 5.41) is 8.49. The number of aliphatic hydroxyl groups is 1. The zero-order chi connectivity index (χ0) is 10.4. The molecule has 0 aliphatic carbocycles. The predicted molar refractivity (Wildman–Crippen MR) is 49.8 cm³/mol. The molecule has 0 bridgehead atoms. The van der Waals surface area contributed by atoms with Crippen LogP contribution in [0.25, 0.3) is 0 Å². The van der Waals surface area contributed by atoms with Crippen LogP contribution in [0.3, 0.4) is 0 Å². The van der Waals surface area contributed by atoms with E-state index >= 15 is 0 Å². The minimum atomic E-state index is -0.528. The van der Waals surface area contributed by atoms with Crippen LogP contribution >= 0.6 is 0 Å². The van der Waals surface area contributed by atoms with Crippen molar-refractivity contribution in [3.05, 3.63) is 34.6 Å². The van der Waals surface area contributed by atoms with E-state index in [4.69, 9.17) is 5.11 Å². The summed E-state index contributed by atoms with van der Waals surface area (Å²) < 4.78 is 0. The molecule has 2 N–H and O–H groups in total. The van der Waals surface area contributed by atoms with Gasteiger partial charge in [0.1, 0.15) is 5.82 Å². The van der Waals surface area contributed by atoms with E-state index in [9.17, 15) is 9.59 Å². The van der Waals surface area contributed by atoms with Crippen molar-refractivity contribution in [1.82, 2.24) is 9.97 Å². The van der Waals surface area contributed by atoms with Crippen LogP contribution in [0.2, 0.25) is 0 Å². The molecule has 0 amide bonds. The van der Waals surface area contributed by atoms with E-state index in [-0.39, 0.29) is 11.4 Å². The summed E-state index contributed by atoms with van der Waals surface area (Å²) in [4.78, 5) is 30.4. The number of aromatic nitrogens is 2. The van der Waals surface area contributed by atoms with Crippen LogP contribution < -0.4 is 5.69 Å². The van der Waals surface area contributed by atoms with Crippen LogP contribution in [0.15, 0.2) is 33.9 Å². The average molecular weight is 193 g/mol. The zero-order valence-electron chi connectivity index (χ0n) is 7.04. The van der Waals surface area contributed by atoms with Gasteiger partial charge in [0.15, 0.2) is 6.29 Å². The molecule has 1 heterocycles. The van der Waals surface area contributed by atoms with E-state index in [0.717, 1.165) is 6.21 Å². The predicted octanol–water partition coefficient (Wildman–Crippen LogP) is 0.113. The van der Waals surface area contributed by atoms with E-state index < -0.39 is 5.69 Å². The number of carbonyl (C=O) groups excluding carboxylic acids is 1. The fourth-order valence-electron chi connectivity index (χ4n) is 0.673. The molecule has 0 aliphatic heterocycles. The number of hydrogen-bond donors (Lipinski definition) is 2. The molecule has 1 rings (SSSR count). The van der Waals surface area contributed by atoms with Crippen LogP contribution in [-0.4, -0.2) is 27.6 Å². The van der Waals surface area contributed by atoms with Crippen molar-refractivity contribution >= 4 is 18.3 Å². The number of rotatable bonds is 3. The normalized spacial score (nSPS) is 11.9. The smallest absolute Gasteiger partial charge is 0.346 e. The molecule has 0 spiro atoms. The molecule has 6 nitrogen and oxygen atoms in total. The average Bonchev–Trinajstić information content (AvgIpc) is 2.19. The van der Waals surface area contributed by atoms with Crippen molar-refractivity contribution in [2.75, 3.05) is 0 Å². The highest BCUT2D eigenvalue weighted by Crippen LogP contribution is 2.00. The van der Waals surface area contributed by atoms with Gasteiger partial charge in [-0.1, -0.05) is 0 Å². The summed E-state index contributed by atoms with van der Waals surface area (Å²) in [6, 6.07) is 1.46. The topological polar surface area (TPSA) is 95.4 Å².